The summed E-state index contributed by atoms with van der Waals surface area (Å²) in [6.07, 6.45) is 2.64. The Morgan fingerprint density at radius 3 is 2.61 bits per heavy atom. The predicted molar refractivity (Wildman–Crippen MR) is 86.9 cm³/mol. The highest BCUT2D eigenvalue weighted by Gasteiger charge is 2.08. The zero-order chi connectivity index (χ0) is 16.7. The lowest BCUT2D eigenvalue weighted by atomic mass is 10.1. The molecule has 0 saturated carbocycles. The van der Waals surface area contributed by atoms with Gasteiger partial charge >= 0.3 is 5.97 Å². The Hall–Kier alpha value is -2.69. The van der Waals surface area contributed by atoms with Crippen LogP contribution in [0.25, 0.3) is 0 Å². The van der Waals surface area contributed by atoms with Crippen LogP contribution in [-0.2, 0) is 22.5 Å². The molecule has 0 saturated heterocycles. The third-order valence-electron chi connectivity index (χ3n) is 3.47. The molecule has 0 aliphatic rings. The number of aromatic nitrogens is 1. The monoisotopic (exact) mass is 312 g/mol. The van der Waals surface area contributed by atoms with E-state index in [1.807, 2.05) is 31.2 Å². The summed E-state index contributed by atoms with van der Waals surface area (Å²) in [7, 11) is 1.33. The van der Waals surface area contributed by atoms with Crippen LogP contribution in [0.5, 0.6) is 0 Å². The number of ether oxygens (including phenoxy) is 1. The molecule has 5 heteroatoms. The van der Waals surface area contributed by atoms with Crippen molar-refractivity contribution < 1.29 is 14.3 Å². The number of benzene rings is 1. The third kappa shape index (κ3) is 5.21. The van der Waals surface area contributed by atoms with Crippen LogP contribution >= 0.6 is 0 Å². The molecular formula is C18H20N2O3. The molecule has 1 heterocycles. The van der Waals surface area contributed by atoms with Gasteiger partial charge in [0, 0.05) is 12.6 Å². The Morgan fingerprint density at radius 2 is 1.91 bits per heavy atom. The number of pyridine rings is 1. The molecule has 0 bridgehead atoms. The van der Waals surface area contributed by atoms with Crippen molar-refractivity contribution in [2.24, 2.45) is 0 Å². The van der Waals surface area contributed by atoms with Crippen LogP contribution in [0.15, 0.2) is 42.6 Å². The molecule has 1 aromatic heterocycles. The minimum absolute atomic E-state index is 0.0455. The summed E-state index contributed by atoms with van der Waals surface area (Å²) in [5.74, 6) is -0.463. The summed E-state index contributed by atoms with van der Waals surface area (Å²) in [4.78, 5) is 27.5. The molecular weight excluding hydrogens is 292 g/mol. The highest BCUT2D eigenvalue weighted by atomic mass is 16.5. The largest absolute Gasteiger partial charge is 0.465 e. The molecule has 2 aromatic rings. The quantitative estimate of drug-likeness (QED) is 0.832. The van der Waals surface area contributed by atoms with E-state index >= 15 is 0 Å². The first-order valence-electron chi connectivity index (χ1n) is 7.44. The van der Waals surface area contributed by atoms with Gasteiger partial charge in [-0.25, -0.2) is 4.79 Å². The van der Waals surface area contributed by atoms with Crippen molar-refractivity contribution in [3.63, 3.8) is 0 Å². The standard InChI is InChI=1S/C18H20N2O3/c1-13-3-5-14(6-4-13)7-8-17(21)20-12-16-11-15(9-10-19-16)18(22)23-2/h3-6,9-11H,7-8,12H2,1-2H3,(H,20,21). The van der Waals surface area contributed by atoms with E-state index in [0.29, 0.717) is 24.1 Å². The summed E-state index contributed by atoms with van der Waals surface area (Å²) in [5.41, 5.74) is 3.38. The minimum atomic E-state index is -0.417. The molecule has 0 spiro atoms. The van der Waals surface area contributed by atoms with Gasteiger partial charge in [0.2, 0.25) is 5.91 Å². The van der Waals surface area contributed by atoms with Crippen molar-refractivity contribution in [1.29, 1.82) is 0 Å². The van der Waals surface area contributed by atoms with Crippen LogP contribution in [-0.4, -0.2) is 24.0 Å². The van der Waals surface area contributed by atoms with Gasteiger partial charge in [-0.1, -0.05) is 29.8 Å². The van der Waals surface area contributed by atoms with E-state index < -0.39 is 5.97 Å². The number of nitrogens with one attached hydrogen (secondary N) is 1. The topological polar surface area (TPSA) is 68.3 Å². The number of hydrogen-bond donors (Lipinski definition) is 1. The highest BCUT2D eigenvalue weighted by molar-refractivity contribution is 5.89. The summed E-state index contributed by atoms with van der Waals surface area (Å²) in [5, 5.41) is 2.81. The Morgan fingerprint density at radius 1 is 1.17 bits per heavy atom. The molecule has 0 aliphatic heterocycles. The fourth-order valence-corrected chi connectivity index (χ4v) is 2.11. The lowest BCUT2D eigenvalue weighted by Gasteiger charge is -2.06. The van der Waals surface area contributed by atoms with Gasteiger partial charge in [0.05, 0.1) is 24.9 Å². The van der Waals surface area contributed by atoms with Gasteiger partial charge in [0.1, 0.15) is 0 Å². The average molecular weight is 312 g/mol. The first-order valence-corrected chi connectivity index (χ1v) is 7.44. The van der Waals surface area contributed by atoms with E-state index in [4.69, 9.17) is 0 Å². The number of esters is 1. The number of nitrogens with zero attached hydrogens (tertiary/aromatic N) is 1. The molecule has 1 amide bonds. The van der Waals surface area contributed by atoms with E-state index in [2.05, 4.69) is 15.0 Å². The fraction of sp³-hybridized carbons (Fsp3) is 0.278. The Balaban J connectivity index is 1.82. The Labute approximate surface area is 135 Å². The molecule has 0 radical (unpaired) electrons. The first kappa shape index (κ1) is 16.7. The number of carbonyl (C=O) groups excluding carboxylic acids is 2. The maximum Gasteiger partial charge on any atom is 0.337 e. The van der Waals surface area contributed by atoms with Crippen LogP contribution in [0, 0.1) is 6.92 Å². The van der Waals surface area contributed by atoms with Crippen molar-refractivity contribution in [1.82, 2.24) is 10.3 Å². The van der Waals surface area contributed by atoms with Gasteiger partial charge in [0.15, 0.2) is 0 Å². The van der Waals surface area contributed by atoms with Gasteiger partial charge in [0.25, 0.3) is 0 Å². The van der Waals surface area contributed by atoms with Crippen LogP contribution in [0.4, 0.5) is 0 Å². The second-order valence-electron chi connectivity index (χ2n) is 5.29. The first-order chi connectivity index (χ1) is 11.1. The van der Waals surface area contributed by atoms with Crippen molar-refractivity contribution in [2.75, 3.05) is 7.11 Å². The Kier molecular flexibility index (Phi) is 5.86. The second kappa shape index (κ2) is 8.08. The molecule has 0 atom stereocenters. The number of hydrogen-bond acceptors (Lipinski definition) is 4. The van der Waals surface area contributed by atoms with Crippen LogP contribution < -0.4 is 5.32 Å². The number of aryl methyl sites for hydroxylation is 2. The predicted octanol–water partition coefficient (Wildman–Crippen LogP) is 2.43. The summed E-state index contributed by atoms with van der Waals surface area (Å²) in [6, 6.07) is 11.3. The van der Waals surface area contributed by atoms with Crippen molar-refractivity contribution in [3.8, 4) is 0 Å². The third-order valence-corrected chi connectivity index (χ3v) is 3.47. The van der Waals surface area contributed by atoms with Gasteiger partial charge in [-0.15, -0.1) is 0 Å². The van der Waals surface area contributed by atoms with Gasteiger partial charge < -0.3 is 10.1 Å². The van der Waals surface area contributed by atoms with Crippen molar-refractivity contribution in [2.45, 2.75) is 26.3 Å². The zero-order valence-electron chi connectivity index (χ0n) is 13.3. The number of methoxy groups -OCH3 is 1. The molecule has 2 rings (SSSR count). The van der Waals surface area contributed by atoms with E-state index in [0.717, 1.165) is 5.56 Å². The minimum Gasteiger partial charge on any atom is -0.465 e. The molecule has 1 aromatic carbocycles. The molecule has 120 valence electrons. The molecule has 23 heavy (non-hydrogen) atoms. The number of carbonyl (C=O) groups is 2. The van der Waals surface area contributed by atoms with Crippen molar-refractivity contribution in [3.05, 3.63) is 65.0 Å². The fourth-order valence-electron chi connectivity index (χ4n) is 2.11. The van der Waals surface area contributed by atoms with Crippen LogP contribution in [0.2, 0.25) is 0 Å². The smallest absolute Gasteiger partial charge is 0.337 e. The average Bonchev–Trinajstić information content (AvgIpc) is 2.59. The molecule has 0 fully saturated rings. The molecule has 0 aliphatic carbocycles. The van der Waals surface area contributed by atoms with Crippen LogP contribution in [0.1, 0.15) is 33.6 Å². The SMILES string of the molecule is COC(=O)c1ccnc(CNC(=O)CCc2ccc(C)cc2)c1. The second-order valence-corrected chi connectivity index (χ2v) is 5.29. The normalized spacial score (nSPS) is 10.2. The van der Waals surface area contributed by atoms with Gasteiger partial charge in [-0.3, -0.25) is 9.78 Å². The van der Waals surface area contributed by atoms with E-state index in [-0.39, 0.29) is 12.5 Å². The Bertz CT molecular complexity index is 681. The van der Waals surface area contributed by atoms with E-state index in [1.165, 1.54) is 18.9 Å². The van der Waals surface area contributed by atoms with Gasteiger partial charge in [-0.05, 0) is 31.0 Å². The molecule has 5 nitrogen and oxygen atoms in total. The van der Waals surface area contributed by atoms with Gasteiger partial charge in [-0.2, -0.15) is 0 Å². The summed E-state index contributed by atoms with van der Waals surface area (Å²) >= 11 is 0. The highest BCUT2D eigenvalue weighted by Crippen LogP contribution is 2.06. The molecule has 1 N–H and O–H groups in total. The number of amides is 1. The lowest BCUT2D eigenvalue weighted by Crippen LogP contribution is -2.23. The lowest BCUT2D eigenvalue weighted by molar-refractivity contribution is -0.121. The summed E-state index contributed by atoms with van der Waals surface area (Å²) < 4.78 is 4.66. The van der Waals surface area contributed by atoms with E-state index in [9.17, 15) is 9.59 Å². The van der Waals surface area contributed by atoms with E-state index in [1.54, 1.807) is 12.1 Å². The zero-order valence-corrected chi connectivity index (χ0v) is 13.3. The number of rotatable bonds is 6. The summed E-state index contributed by atoms with van der Waals surface area (Å²) in [6.45, 7) is 2.32. The maximum absolute atomic E-state index is 11.9. The maximum atomic E-state index is 11.9. The molecule has 0 unspecified atom stereocenters. The van der Waals surface area contributed by atoms with Crippen LogP contribution in [0.3, 0.4) is 0 Å². The van der Waals surface area contributed by atoms with Crippen molar-refractivity contribution >= 4 is 11.9 Å².